The topological polar surface area (TPSA) is 49.5 Å². The summed E-state index contributed by atoms with van der Waals surface area (Å²) in [6, 6.07) is 10.8. The highest BCUT2D eigenvalue weighted by Crippen LogP contribution is 2.27. The van der Waals surface area contributed by atoms with Gasteiger partial charge in [-0.2, -0.15) is 0 Å². The summed E-state index contributed by atoms with van der Waals surface area (Å²) in [5, 5.41) is 9.40. The van der Waals surface area contributed by atoms with Crippen molar-refractivity contribution in [3.8, 4) is 0 Å². The van der Waals surface area contributed by atoms with Gasteiger partial charge in [0.2, 0.25) is 0 Å². The third-order valence-corrected chi connectivity index (χ3v) is 4.18. The maximum Gasteiger partial charge on any atom is 0.0586 e. The van der Waals surface area contributed by atoms with Crippen molar-refractivity contribution in [1.82, 2.24) is 4.90 Å². The zero-order valence-corrected chi connectivity index (χ0v) is 11.2. The van der Waals surface area contributed by atoms with Gasteiger partial charge in [0.05, 0.1) is 6.61 Å². The SMILES string of the molecule is CC(CN)(CN1CCCC1CO)c1ccccc1. The second-order valence-electron chi connectivity index (χ2n) is 5.58. The lowest BCUT2D eigenvalue weighted by Crippen LogP contribution is -2.46. The largest absolute Gasteiger partial charge is 0.395 e. The highest BCUT2D eigenvalue weighted by molar-refractivity contribution is 5.25. The highest BCUT2D eigenvalue weighted by Gasteiger charge is 2.32. The summed E-state index contributed by atoms with van der Waals surface area (Å²) >= 11 is 0. The third kappa shape index (κ3) is 2.74. The summed E-state index contributed by atoms with van der Waals surface area (Å²) in [7, 11) is 0. The van der Waals surface area contributed by atoms with E-state index in [1.165, 1.54) is 12.0 Å². The summed E-state index contributed by atoms with van der Waals surface area (Å²) in [6.07, 6.45) is 2.28. The molecule has 3 N–H and O–H groups in total. The van der Waals surface area contributed by atoms with Crippen LogP contribution in [0.1, 0.15) is 25.3 Å². The van der Waals surface area contributed by atoms with Crippen molar-refractivity contribution >= 4 is 0 Å². The molecule has 0 aliphatic carbocycles. The molecule has 0 spiro atoms. The molecule has 1 saturated heterocycles. The smallest absolute Gasteiger partial charge is 0.0586 e. The van der Waals surface area contributed by atoms with Gasteiger partial charge < -0.3 is 10.8 Å². The molecule has 0 bridgehead atoms. The minimum atomic E-state index is -0.0288. The lowest BCUT2D eigenvalue weighted by molar-refractivity contribution is 0.136. The predicted molar refractivity (Wildman–Crippen MR) is 74.5 cm³/mol. The molecule has 1 aliphatic heterocycles. The molecule has 1 aromatic carbocycles. The minimum Gasteiger partial charge on any atom is -0.395 e. The molecule has 0 aromatic heterocycles. The van der Waals surface area contributed by atoms with E-state index in [1.807, 2.05) is 6.07 Å². The van der Waals surface area contributed by atoms with E-state index in [0.29, 0.717) is 12.6 Å². The second kappa shape index (κ2) is 5.83. The van der Waals surface area contributed by atoms with Gasteiger partial charge in [0.1, 0.15) is 0 Å². The number of nitrogens with zero attached hydrogens (tertiary/aromatic N) is 1. The predicted octanol–water partition coefficient (Wildman–Crippen LogP) is 1.36. The van der Waals surface area contributed by atoms with E-state index in [4.69, 9.17) is 5.73 Å². The molecule has 1 aromatic rings. The molecule has 3 nitrogen and oxygen atoms in total. The number of rotatable bonds is 5. The van der Waals surface area contributed by atoms with Crippen LogP contribution < -0.4 is 5.73 Å². The summed E-state index contributed by atoms with van der Waals surface area (Å²) in [4.78, 5) is 2.39. The molecule has 0 amide bonds. The molecule has 18 heavy (non-hydrogen) atoms. The average molecular weight is 248 g/mol. The van der Waals surface area contributed by atoms with Crippen LogP contribution in [0.15, 0.2) is 30.3 Å². The zero-order valence-electron chi connectivity index (χ0n) is 11.2. The number of benzene rings is 1. The summed E-state index contributed by atoms with van der Waals surface area (Å²) in [5.41, 5.74) is 7.27. The standard InChI is InChI=1S/C15H24N2O/c1-15(11-16,13-6-3-2-4-7-13)12-17-9-5-8-14(17)10-18/h2-4,6-7,14,18H,5,8-12,16H2,1H3. The average Bonchev–Trinajstić information content (AvgIpc) is 2.86. The Balaban J connectivity index is 2.13. The first-order chi connectivity index (χ1) is 8.69. The molecular weight excluding hydrogens is 224 g/mol. The second-order valence-corrected chi connectivity index (χ2v) is 5.58. The Morgan fingerprint density at radius 2 is 2.11 bits per heavy atom. The molecular formula is C15H24N2O. The molecule has 3 heteroatoms. The van der Waals surface area contributed by atoms with Gasteiger partial charge in [-0.05, 0) is 24.9 Å². The van der Waals surface area contributed by atoms with Crippen LogP contribution in [-0.2, 0) is 5.41 Å². The Kier molecular flexibility index (Phi) is 4.38. The fourth-order valence-corrected chi connectivity index (χ4v) is 2.87. The van der Waals surface area contributed by atoms with Crippen LogP contribution in [0.5, 0.6) is 0 Å². The van der Waals surface area contributed by atoms with Crippen LogP contribution in [-0.4, -0.2) is 42.3 Å². The first-order valence-electron chi connectivity index (χ1n) is 6.80. The van der Waals surface area contributed by atoms with Gasteiger partial charge >= 0.3 is 0 Å². The monoisotopic (exact) mass is 248 g/mol. The van der Waals surface area contributed by atoms with Crippen LogP contribution in [0.4, 0.5) is 0 Å². The van der Waals surface area contributed by atoms with E-state index < -0.39 is 0 Å². The van der Waals surface area contributed by atoms with Gasteiger partial charge in [0.25, 0.3) is 0 Å². The third-order valence-electron chi connectivity index (χ3n) is 4.18. The van der Waals surface area contributed by atoms with Crippen molar-refractivity contribution in [2.24, 2.45) is 5.73 Å². The molecule has 2 unspecified atom stereocenters. The summed E-state index contributed by atoms with van der Waals surface area (Å²) in [5.74, 6) is 0. The number of aliphatic hydroxyl groups excluding tert-OH is 1. The van der Waals surface area contributed by atoms with Crippen molar-refractivity contribution < 1.29 is 5.11 Å². The normalized spacial score (nSPS) is 24.1. The van der Waals surface area contributed by atoms with Gasteiger partial charge in [0.15, 0.2) is 0 Å². The lowest BCUT2D eigenvalue weighted by Gasteiger charge is -2.35. The Labute approximate surface area is 110 Å². The van der Waals surface area contributed by atoms with Crippen LogP contribution in [0.2, 0.25) is 0 Å². The van der Waals surface area contributed by atoms with Gasteiger partial charge in [-0.15, -0.1) is 0 Å². The Bertz CT molecular complexity index is 368. The van der Waals surface area contributed by atoms with Crippen molar-refractivity contribution in [2.75, 3.05) is 26.2 Å². The maximum absolute atomic E-state index is 9.40. The van der Waals surface area contributed by atoms with Gasteiger partial charge in [0, 0.05) is 24.5 Å². The quantitative estimate of drug-likeness (QED) is 0.827. The van der Waals surface area contributed by atoms with Crippen molar-refractivity contribution in [1.29, 1.82) is 0 Å². The van der Waals surface area contributed by atoms with Crippen molar-refractivity contribution in [2.45, 2.75) is 31.2 Å². The Hall–Kier alpha value is -0.900. The highest BCUT2D eigenvalue weighted by atomic mass is 16.3. The van der Waals surface area contributed by atoms with Crippen molar-refractivity contribution in [3.63, 3.8) is 0 Å². The van der Waals surface area contributed by atoms with Crippen LogP contribution >= 0.6 is 0 Å². The first kappa shape index (κ1) is 13.5. The van der Waals surface area contributed by atoms with Crippen LogP contribution in [0, 0.1) is 0 Å². The van der Waals surface area contributed by atoms with E-state index in [-0.39, 0.29) is 12.0 Å². The summed E-state index contributed by atoms with van der Waals surface area (Å²) in [6.45, 7) is 5.11. The molecule has 2 rings (SSSR count). The van der Waals surface area contributed by atoms with Gasteiger partial charge in [-0.3, -0.25) is 4.90 Å². The fraction of sp³-hybridized carbons (Fsp3) is 0.600. The van der Waals surface area contributed by atoms with E-state index >= 15 is 0 Å². The molecule has 0 saturated carbocycles. The molecule has 0 radical (unpaired) electrons. The lowest BCUT2D eigenvalue weighted by atomic mass is 9.82. The molecule has 1 heterocycles. The number of nitrogens with two attached hydrogens (primary N) is 1. The van der Waals surface area contributed by atoms with Gasteiger partial charge in [-0.25, -0.2) is 0 Å². The number of hydrogen-bond donors (Lipinski definition) is 2. The number of likely N-dealkylation sites (tertiary alicyclic amines) is 1. The van der Waals surface area contributed by atoms with Crippen molar-refractivity contribution in [3.05, 3.63) is 35.9 Å². The first-order valence-corrected chi connectivity index (χ1v) is 6.80. The molecule has 1 aliphatic rings. The minimum absolute atomic E-state index is 0.0288. The molecule has 2 atom stereocenters. The maximum atomic E-state index is 9.40. The fourth-order valence-electron chi connectivity index (χ4n) is 2.87. The summed E-state index contributed by atoms with van der Waals surface area (Å²) < 4.78 is 0. The van der Waals surface area contributed by atoms with E-state index in [9.17, 15) is 5.11 Å². The Morgan fingerprint density at radius 1 is 1.39 bits per heavy atom. The van der Waals surface area contributed by atoms with Crippen LogP contribution in [0.3, 0.4) is 0 Å². The number of hydrogen-bond acceptors (Lipinski definition) is 3. The number of aliphatic hydroxyl groups is 1. The van der Waals surface area contributed by atoms with E-state index in [0.717, 1.165) is 19.5 Å². The van der Waals surface area contributed by atoms with Gasteiger partial charge in [-0.1, -0.05) is 37.3 Å². The van der Waals surface area contributed by atoms with E-state index in [2.05, 4.69) is 36.1 Å². The molecule has 100 valence electrons. The molecule has 1 fully saturated rings. The van der Waals surface area contributed by atoms with E-state index in [1.54, 1.807) is 0 Å². The van der Waals surface area contributed by atoms with Crippen LogP contribution in [0.25, 0.3) is 0 Å². The Morgan fingerprint density at radius 3 is 2.72 bits per heavy atom. The zero-order chi connectivity index (χ0) is 13.0.